The van der Waals surface area contributed by atoms with Gasteiger partial charge in [-0.05, 0) is 6.42 Å². The Bertz CT molecular complexity index is 28.9. The molecule has 0 atom stereocenters. The van der Waals surface area contributed by atoms with Crippen LogP contribution in [0.5, 0.6) is 0 Å². The lowest BCUT2D eigenvalue weighted by Crippen LogP contribution is -1.91. The van der Waals surface area contributed by atoms with Crippen LogP contribution in [-0.2, 0) is 9.78 Å². The van der Waals surface area contributed by atoms with Gasteiger partial charge < -0.3 is 0 Å². The maximum absolute atomic E-state index is 5.09. The molecule has 0 saturated heterocycles. The fourth-order valence-corrected chi connectivity index (χ4v) is 0.237. The minimum Gasteiger partial charge on any atom is -0.236 e. The normalized spacial score (nSPS) is 9.43. The van der Waals surface area contributed by atoms with Crippen LogP contribution in [0, 0.1) is 0 Å². The van der Waals surface area contributed by atoms with E-state index in [1.165, 1.54) is 0 Å². The summed E-state index contributed by atoms with van der Waals surface area (Å²) >= 11 is 5.09. The summed E-state index contributed by atoms with van der Waals surface area (Å²) in [4.78, 5) is 8.84. The van der Waals surface area contributed by atoms with Gasteiger partial charge in [-0.1, -0.05) is 18.5 Å². The summed E-state index contributed by atoms with van der Waals surface area (Å²) < 4.78 is 0. The van der Waals surface area contributed by atoms with Crippen LogP contribution in [0.3, 0.4) is 0 Å². The third-order valence-corrected chi connectivity index (χ3v) is 0.504. The first-order valence-corrected chi connectivity index (χ1v) is 2.75. The Balaban J connectivity index is 2.45. The number of rotatable bonds is 4. The quantitative estimate of drug-likeness (QED) is 0.245. The van der Waals surface area contributed by atoms with Gasteiger partial charge in [-0.2, -0.15) is 0 Å². The van der Waals surface area contributed by atoms with Gasteiger partial charge in [0.05, 0.1) is 6.61 Å². The lowest BCUT2D eigenvalue weighted by Gasteiger charge is -1.94. The van der Waals surface area contributed by atoms with E-state index in [4.69, 9.17) is 11.6 Å². The van der Waals surface area contributed by atoms with E-state index in [1.807, 2.05) is 6.92 Å². The highest BCUT2D eigenvalue weighted by molar-refractivity contribution is 6.17. The van der Waals surface area contributed by atoms with Crippen LogP contribution in [0.15, 0.2) is 0 Å². The first kappa shape index (κ1) is 7.21. The molecule has 7 heavy (non-hydrogen) atoms. The first-order valence-electron chi connectivity index (χ1n) is 2.22. The second-order valence-electron chi connectivity index (χ2n) is 1.05. The lowest BCUT2D eigenvalue weighted by atomic mass is 10.5. The van der Waals surface area contributed by atoms with Gasteiger partial charge in [-0.25, -0.2) is 9.78 Å². The van der Waals surface area contributed by atoms with E-state index in [9.17, 15) is 0 Å². The summed E-state index contributed by atoms with van der Waals surface area (Å²) in [6, 6.07) is 0.111. The molecule has 0 aliphatic heterocycles. The molecule has 0 aliphatic carbocycles. The fourth-order valence-electron chi connectivity index (χ4n) is 0.174. The number of alkyl halides is 1. The van der Waals surface area contributed by atoms with Gasteiger partial charge in [0.2, 0.25) is 0 Å². The van der Waals surface area contributed by atoms with Gasteiger partial charge >= 0.3 is 0 Å². The minimum absolute atomic E-state index is 0.111. The second kappa shape index (κ2) is 6.21. The molecule has 0 saturated carbocycles. The van der Waals surface area contributed by atoms with Crippen LogP contribution in [-0.4, -0.2) is 12.7 Å². The number of hydrogen-bond acceptors (Lipinski definition) is 2. The zero-order chi connectivity index (χ0) is 5.54. The van der Waals surface area contributed by atoms with Crippen molar-refractivity contribution in [3.8, 4) is 0 Å². The van der Waals surface area contributed by atoms with Crippen molar-refractivity contribution in [2.45, 2.75) is 13.3 Å². The van der Waals surface area contributed by atoms with Crippen LogP contribution >= 0.6 is 11.6 Å². The Kier molecular flexibility index (Phi) is 6.40. The Morgan fingerprint density at radius 3 is 2.57 bits per heavy atom. The molecular weight excluding hydrogens is 115 g/mol. The molecule has 0 N–H and O–H groups in total. The fraction of sp³-hybridized carbons (Fsp3) is 1.00. The van der Waals surface area contributed by atoms with E-state index in [2.05, 4.69) is 9.78 Å². The molecule has 0 aromatic rings. The van der Waals surface area contributed by atoms with Crippen molar-refractivity contribution >= 4 is 11.6 Å². The summed E-state index contributed by atoms with van der Waals surface area (Å²) in [6.07, 6.45) is 0.955. The van der Waals surface area contributed by atoms with Gasteiger partial charge in [-0.15, -0.1) is 0 Å². The van der Waals surface area contributed by atoms with Crippen LogP contribution < -0.4 is 0 Å². The Hall–Kier alpha value is 0.210. The SMILES string of the molecule is CCCOOCCl. The Morgan fingerprint density at radius 1 is 1.43 bits per heavy atom. The van der Waals surface area contributed by atoms with Crippen molar-refractivity contribution in [1.29, 1.82) is 0 Å². The van der Waals surface area contributed by atoms with E-state index in [1.54, 1.807) is 0 Å². The van der Waals surface area contributed by atoms with Crippen LogP contribution in [0.4, 0.5) is 0 Å². The van der Waals surface area contributed by atoms with Gasteiger partial charge in [0.25, 0.3) is 0 Å². The van der Waals surface area contributed by atoms with Crippen molar-refractivity contribution in [3.05, 3.63) is 0 Å². The Morgan fingerprint density at radius 2 is 2.14 bits per heavy atom. The number of hydrogen-bond donors (Lipinski definition) is 0. The van der Waals surface area contributed by atoms with Gasteiger partial charge in [-0.3, -0.25) is 0 Å². The van der Waals surface area contributed by atoms with Gasteiger partial charge in [0.1, 0.15) is 0 Å². The molecule has 0 bridgehead atoms. The molecule has 0 radical (unpaired) electrons. The second-order valence-corrected chi connectivity index (χ2v) is 1.27. The minimum atomic E-state index is 0.111. The average molecular weight is 125 g/mol. The molecule has 0 unspecified atom stereocenters. The number of halogens is 1. The third-order valence-electron chi connectivity index (χ3n) is 0.415. The highest BCUT2D eigenvalue weighted by Gasteiger charge is 1.79. The van der Waals surface area contributed by atoms with E-state index >= 15 is 0 Å². The molecule has 0 aliphatic rings. The first-order chi connectivity index (χ1) is 3.41. The molecule has 0 aromatic carbocycles. The summed E-state index contributed by atoms with van der Waals surface area (Å²) in [7, 11) is 0. The van der Waals surface area contributed by atoms with Crippen LogP contribution in [0.25, 0.3) is 0 Å². The summed E-state index contributed by atoms with van der Waals surface area (Å²) in [5.41, 5.74) is 0. The van der Waals surface area contributed by atoms with Crippen molar-refractivity contribution in [3.63, 3.8) is 0 Å². The smallest absolute Gasteiger partial charge is 0.156 e. The Labute approximate surface area is 48.3 Å². The molecule has 0 aromatic heterocycles. The van der Waals surface area contributed by atoms with Crippen molar-refractivity contribution in [1.82, 2.24) is 0 Å². The largest absolute Gasteiger partial charge is 0.236 e. The molecule has 0 heterocycles. The molecule has 44 valence electrons. The van der Waals surface area contributed by atoms with E-state index in [0.29, 0.717) is 6.61 Å². The molecule has 0 spiro atoms. The third kappa shape index (κ3) is 6.21. The van der Waals surface area contributed by atoms with Gasteiger partial charge in [0.15, 0.2) is 6.07 Å². The predicted octanol–water partition coefficient (Wildman–Crippen LogP) is 1.54. The van der Waals surface area contributed by atoms with Gasteiger partial charge in [0, 0.05) is 0 Å². The lowest BCUT2D eigenvalue weighted by molar-refractivity contribution is -0.280. The summed E-state index contributed by atoms with van der Waals surface area (Å²) in [5, 5.41) is 0. The maximum atomic E-state index is 5.09. The average Bonchev–Trinajstić information content (AvgIpc) is 1.69. The maximum Gasteiger partial charge on any atom is 0.156 e. The van der Waals surface area contributed by atoms with Crippen molar-refractivity contribution in [2.75, 3.05) is 12.7 Å². The van der Waals surface area contributed by atoms with E-state index in [0.717, 1.165) is 6.42 Å². The van der Waals surface area contributed by atoms with Crippen molar-refractivity contribution < 1.29 is 9.78 Å². The van der Waals surface area contributed by atoms with Crippen LogP contribution in [0.2, 0.25) is 0 Å². The standard InChI is InChI=1S/C4H9ClO2/c1-2-3-6-7-4-5/h2-4H2,1H3. The molecule has 2 nitrogen and oxygen atoms in total. The zero-order valence-electron chi connectivity index (χ0n) is 4.32. The van der Waals surface area contributed by atoms with E-state index in [-0.39, 0.29) is 6.07 Å². The van der Waals surface area contributed by atoms with Crippen molar-refractivity contribution in [2.24, 2.45) is 0 Å². The molecule has 3 heteroatoms. The highest BCUT2D eigenvalue weighted by Crippen LogP contribution is 1.83. The zero-order valence-corrected chi connectivity index (χ0v) is 5.07. The summed E-state index contributed by atoms with van der Waals surface area (Å²) in [5.74, 6) is 0. The predicted molar refractivity (Wildman–Crippen MR) is 28.0 cm³/mol. The van der Waals surface area contributed by atoms with Crippen LogP contribution in [0.1, 0.15) is 13.3 Å². The molecule has 0 amide bonds. The topological polar surface area (TPSA) is 18.5 Å². The monoisotopic (exact) mass is 124 g/mol. The highest BCUT2D eigenvalue weighted by atomic mass is 35.5. The molecular formula is C4H9ClO2. The molecule has 0 fully saturated rings. The summed E-state index contributed by atoms with van der Waals surface area (Å²) in [6.45, 7) is 2.62. The van der Waals surface area contributed by atoms with E-state index < -0.39 is 0 Å². The molecule has 0 rings (SSSR count).